The molecule has 72 valence electrons. The molecule has 0 fully saturated rings. The monoisotopic (exact) mass is 187 g/mol. The number of allylic oxidation sites excluding steroid dienone is 2. The van der Waals surface area contributed by atoms with E-state index >= 15 is 0 Å². The normalized spacial score (nSPS) is 15.1. The highest BCUT2D eigenvalue weighted by molar-refractivity contribution is 5.56. The smallest absolute Gasteiger partial charge is 0.142 e. The van der Waals surface area contributed by atoms with Crippen molar-refractivity contribution in [2.75, 3.05) is 18.5 Å². The van der Waals surface area contributed by atoms with E-state index in [9.17, 15) is 0 Å². The molecule has 0 bridgehead atoms. The van der Waals surface area contributed by atoms with Crippen LogP contribution in [0.1, 0.15) is 0 Å². The highest BCUT2D eigenvalue weighted by Gasteiger charge is 2.00. The van der Waals surface area contributed by atoms with Gasteiger partial charge in [-0.25, -0.2) is 0 Å². The molecule has 0 aliphatic carbocycles. The van der Waals surface area contributed by atoms with Gasteiger partial charge in [0.25, 0.3) is 0 Å². The Morgan fingerprint density at radius 2 is 1.93 bits per heavy atom. The number of hydrogen-bond acceptors (Lipinski definition) is 2. The van der Waals surface area contributed by atoms with Gasteiger partial charge in [-0.2, -0.15) is 0 Å². The molecule has 2 nitrogen and oxygen atoms in total. The number of ether oxygens (including phenoxy) is 1. The lowest BCUT2D eigenvalue weighted by Crippen LogP contribution is -2.03. The lowest BCUT2D eigenvalue weighted by atomic mass is 10.3. The minimum atomic E-state index is 0.614. The summed E-state index contributed by atoms with van der Waals surface area (Å²) in [6.07, 6.45) is 8.09. The Morgan fingerprint density at radius 3 is 2.93 bits per heavy atom. The van der Waals surface area contributed by atoms with E-state index in [0.29, 0.717) is 6.61 Å². The molecule has 2 rings (SSSR count). The van der Waals surface area contributed by atoms with Crippen molar-refractivity contribution in [1.82, 2.24) is 0 Å². The zero-order valence-corrected chi connectivity index (χ0v) is 7.94. The molecular weight excluding hydrogens is 174 g/mol. The fourth-order valence-electron chi connectivity index (χ4n) is 1.33. The maximum atomic E-state index is 5.58. The van der Waals surface area contributed by atoms with Crippen molar-refractivity contribution in [3.05, 3.63) is 48.6 Å². The second-order valence-corrected chi connectivity index (χ2v) is 3.04. The van der Waals surface area contributed by atoms with Crippen LogP contribution < -0.4 is 10.1 Å². The van der Waals surface area contributed by atoms with Crippen molar-refractivity contribution in [3.8, 4) is 5.75 Å². The number of rotatable bonds is 0. The number of hydrogen-bond donors (Lipinski definition) is 1. The van der Waals surface area contributed by atoms with Crippen LogP contribution in [0.15, 0.2) is 48.6 Å². The van der Waals surface area contributed by atoms with Crippen molar-refractivity contribution in [2.24, 2.45) is 0 Å². The lowest BCUT2D eigenvalue weighted by molar-refractivity contribution is 0.364. The molecule has 0 radical (unpaired) electrons. The number of nitrogens with one attached hydrogen (secondary N) is 1. The average molecular weight is 187 g/mol. The maximum Gasteiger partial charge on any atom is 0.142 e. The number of anilines is 1. The van der Waals surface area contributed by atoms with Crippen LogP contribution in [-0.2, 0) is 0 Å². The van der Waals surface area contributed by atoms with Crippen molar-refractivity contribution in [3.63, 3.8) is 0 Å². The van der Waals surface area contributed by atoms with Crippen LogP contribution in [0.2, 0.25) is 0 Å². The van der Waals surface area contributed by atoms with E-state index in [4.69, 9.17) is 4.74 Å². The highest BCUT2D eigenvalue weighted by Crippen LogP contribution is 2.23. The van der Waals surface area contributed by atoms with E-state index in [1.807, 2.05) is 42.5 Å². The predicted octanol–water partition coefficient (Wildman–Crippen LogP) is 2.60. The minimum Gasteiger partial charge on any atom is -0.487 e. The molecule has 0 aromatic heterocycles. The van der Waals surface area contributed by atoms with Gasteiger partial charge in [0.1, 0.15) is 12.4 Å². The molecule has 1 aromatic rings. The van der Waals surface area contributed by atoms with Gasteiger partial charge in [-0.15, -0.1) is 0 Å². The van der Waals surface area contributed by atoms with Crippen molar-refractivity contribution < 1.29 is 4.74 Å². The first kappa shape index (κ1) is 8.88. The molecule has 0 amide bonds. The van der Waals surface area contributed by atoms with Crippen molar-refractivity contribution in [2.45, 2.75) is 0 Å². The summed E-state index contributed by atoms with van der Waals surface area (Å²) >= 11 is 0. The van der Waals surface area contributed by atoms with Crippen LogP contribution in [0.5, 0.6) is 5.75 Å². The van der Waals surface area contributed by atoms with Gasteiger partial charge in [-0.05, 0) is 18.2 Å². The topological polar surface area (TPSA) is 21.3 Å². The van der Waals surface area contributed by atoms with Gasteiger partial charge in [-0.3, -0.25) is 0 Å². The van der Waals surface area contributed by atoms with Crippen LogP contribution in [0.25, 0.3) is 0 Å². The molecule has 0 unspecified atom stereocenters. The zero-order valence-electron chi connectivity index (χ0n) is 7.94. The van der Waals surface area contributed by atoms with Gasteiger partial charge < -0.3 is 10.1 Å². The first-order valence-electron chi connectivity index (χ1n) is 4.74. The van der Waals surface area contributed by atoms with Gasteiger partial charge in [-0.1, -0.05) is 30.4 Å². The Hall–Kier alpha value is -1.70. The van der Waals surface area contributed by atoms with Crippen LogP contribution in [-0.4, -0.2) is 13.2 Å². The minimum absolute atomic E-state index is 0.614. The zero-order chi connectivity index (χ0) is 9.64. The quantitative estimate of drug-likeness (QED) is 0.674. The van der Waals surface area contributed by atoms with Crippen LogP contribution in [0, 0.1) is 0 Å². The second-order valence-electron chi connectivity index (χ2n) is 3.04. The average Bonchev–Trinajstić information content (AvgIpc) is 2.25. The van der Waals surface area contributed by atoms with Crippen LogP contribution >= 0.6 is 0 Å². The molecular formula is C12H13NO. The largest absolute Gasteiger partial charge is 0.487 e. The van der Waals surface area contributed by atoms with E-state index in [0.717, 1.165) is 18.0 Å². The molecule has 0 saturated carbocycles. The predicted molar refractivity (Wildman–Crippen MR) is 58.7 cm³/mol. The molecule has 1 aromatic carbocycles. The van der Waals surface area contributed by atoms with E-state index < -0.39 is 0 Å². The summed E-state index contributed by atoms with van der Waals surface area (Å²) in [5, 5.41) is 3.29. The van der Waals surface area contributed by atoms with Gasteiger partial charge >= 0.3 is 0 Å². The lowest BCUT2D eigenvalue weighted by Gasteiger charge is -2.11. The molecule has 1 N–H and O–H groups in total. The van der Waals surface area contributed by atoms with Gasteiger partial charge in [0.05, 0.1) is 5.69 Å². The van der Waals surface area contributed by atoms with Gasteiger partial charge in [0.2, 0.25) is 0 Å². The number of para-hydroxylation sites is 2. The third-order valence-corrected chi connectivity index (χ3v) is 2.02. The summed E-state index contributed by atoms with van der Waals surface area (Å²) < 4.78 is 5.58. The van der Waals surface area contributed by atoms with Gasteiger partial charge in [0, 0.05) is 6.54 Å². The van der Waals surface area contributed by atoms with E-state index in [1.165, 1.54) is 0 Å². The number of benzene rings is 1. The van der Waals surface area contributed by atoms with Crippen LogP contribution in [0.3, 0.4) is 0 Å². The van der Waals surface area contributed by atoms with Crippen molar-refractivity contribution >= 4 is 5.69 Å². The Bertz CT molecular complexity index is 320. The SMILES string of the molecule is C1=CCNc2ccccc2OCC=C1. The molecule has 0 spiro atoms. The Kier molecular flexibility index (Phi) is 2.86. The third-order valence-electron chi connectivity index (χ3n) is 2.02. The molecule has 1 aliphatic rings. The molecule has 1 aliphatic heterocycles. The van der Waals surface area contributed by atoms with Crippen LogP contribution in [0.4, 0.5) is 5.69 Å². The standard InChI is InChI=1S/C12H13NO/c1-2-6-10-14-12-8-4-3-7-11(12)13-9-5-1/h1-8,13H,9-10H2. The molecule has 2 heteroatoms. The second kappa shape index (κ2) is 4.51. The Labute approximate surface area is 83.9 Å². The fraction of sp³-hybridized carbons (Fsp3) is 0.167. The third kappa shape index (κ3) is 2.16. The summed E-state index contributed by atoms with van der Waals surface area (Å²) in [7, 11) is 0. The maximum absolute atomic E-state index is 5.58. The number of fused-ring (bicyclic) bond motifs is 1. The Morgan fingerprint density at radius 1 is 1.07 bits per heavy atom. The molecule has 0 atom stereocenters. The summed E-state index contributed by atoms with van der Waals surface area (Å²) in [6, 6.07) is 7.97. The van der Waals surface area contributed by atoms with Gasteiger partial charge in [0.15, 0.2) is 0 Å². The Balaban J connectivity index is 2.22. The summed E-state index contributed by atoms with van der Waals surface area (Å²) in [5.41, 5.74) is 1.05. The first-order chi connectivity index (χ1) is 6.97. The van der Waals surface area contributed by atoms with Crippen molar-refractivity contribution in [1.29, 1.82) is 0 Å². The fourth-order valence-corrected chi connectivity index (χ4v) is 1.33. The molecule has 14 heavy (non-hydrogen) atoms. The highest BCUT2D eigenvalue weighted by atomic mass is 16.5. The molecule has 0 saturated heterocycles. The van der Waals surface area contributed by atoms with E-state index in [1.54, 1.807) is 0 Å². The summed E-state index contributed by atoms with van der Waals surface area (Å²) in [5.74, 6) is 0.910. The van der Waals surface area contributed by atoms with E-state index in [-0.39, 0.29) is 0 Å². The van der Waals surface area contributed by atoms with E-state index in [2.05, 4.69) is 11.4 Å². The molecule has 1 heterocycles. The summed E-state index contributed by atoms with van der Waals surface area (Å²) in [6.45, 7) is 1.44. The first-order valence-corrected chi connectivity index (χ1v) is 4.74. The summed E-state index contributed by atoms with van der Waals surface area (Å²) in [4.78, 5) is 0.